The van der Waals surface area contributed by atoms with Gasteiger partial charge in [-0.3, -0.25) is 0 Å². The zero-order valence-corrected chi connectivity index (χ0v) is 10.9. The molecule has 0 bridgehead atoms. The molecule has 1 atom stereocenters. The predicted octanol–water partition coefficient (Wildman–Crippen LogP) is 1.06. The van der Waals surface area contributed by atoms with Gasteiger partial charge in [-0.05, 0) is 19.2 Å². The van der Waals surface area contributed by atoms with E-state index >= 15 is 0 Å². The normalized spacial score (nSPS) is 14.4. The minimum atomic E-state index is -4.75. The molecule has 0 aromatic heterocycles. The lowest BCUT2D eigenvalue weighted by Crippen LogP contribution is -2.31. The average molecular weight is 297 g/mol. The van der Waals surface area contributed by atoms with Gasteiger partial charge >= 0.3 is 6.18 Å². The van der Waals surface area contributed by atoms with Crippen LogP contribution in [0.1, 0.15) is 5.56 Å². The summed E-state index contributed by atoms with van der Waals surface area (Å²) in [5, 5.41) is 12.0. The molecule has 0 aliphatic carbocycles. The van der Waals surface area contributed by atoms with Gasteiger partial charge < -0.3 is 10.4 Å². The Hall–Kier alpha value is -1.12. The SMILES string of the molecule is CNCC(O)CS(=O)(=O)c1ccccc1C(F)(F)F. The van der Waals surface area contributed by atoms with Crippen molar-refractivity contribution in [1.82, 2.24) is 5.32 Å². The van der Waals surface area contributed by atoms with Gasteiger partial charge in [-0.2, -0.15) is 13.2 Å². The first kappa shape index (κ1) is 15.9. The molecule has 0 amide bonds. The summed E-state index contributed by atoms with van der Waals surface area (Å²) < 4.78 is 62.0. The van der Waals surface area contributed by atoms with E-state index in [1.165, 1.54) is 13.1 Å². The van der Waals surface area contributed by atoms with Gasteiger partial charge in [0.25, 0.3) is 0 Å². The Bertz CT molecular complexity index is 528. The molecule has 1 rings (SSSR count). The second-order valence-electron chi connectivity index (χ2n) is 3.99. The largest absolute Gasteiger partial charge is 0.417 e. The summed E-state index contributed by atoms with van der Waals surface area (Å²) in [6.45, 7) is -0.0204. The van der Waals surface area contributed by atoms with Gasteiger partial charge in [0, 0.05) is 6.54 Å². The number of hydrogen-bond acceptors (Lipinski definition) is 4. The highest BCUT2D eigenvalue weighted by atomic mass is 32.2. The summed E-state index contributed by atoms with van der Waals surface area (Å²) in [6.07, 6.45) is -6.02. The van der Waals surface area contributed by atoms with Crippen molar-refractivity contribution in [1.29, 1.82) is 0 Å². The molecule has 4 nitrogen and oxygen atoms in total. The minimum absolute atomic E-state index is 0.0204. The quantitative estimate of drug-likeness (QED) is 0.853. The van der Waals surface area contributed by atoms with E-state index in [2.05, 4.69) is 5.32 Å². The third kappa shape index (κ3) is 4.19. The molecule has 0 saturated heterocycles. The van der Waals surface area contributed by atoms with E-state index in [0.29, 0.717) is 6.07 Å². The van der Waals surface area contributed by atoms with E-state index in [1.54, 1.807) is 0 Å². The number of nitrogens with one attached hydrogen (secondary N) is 1. The molecule has 0 fully saturated rings. The maximum Gasteiger partial charge on any atom is 0.417 e. The van der Waals surface area contributed by atoms with Crippen molar-refractivity contribution < 1.29 is 26.7 Å². The van der Waals surface area contributed by atoms with Gasteiger partial charge in [-0.15, -0.1) is 0 Å². The molecule has 1 aromatic carbocycles. The molecule has 0 aliphatic rings. The molecule has 0 aliphatic heterocycles. The summed E-state index contributed by atoms with van der Waals surface area (Å²) >= 11 is 0. The first-order valence-corrected chi connectivity index (χ1v) is 7.05. The summed E-state index contributed by atoms with van der Waals surface area (Å²) in [7, 11) is -2.71. The van der Waals surface area contributed by atoms with E-state index in [0.717, 1.165) is 12.1 Å². The lowest BCUT2D eigenvalue weighted by Gasteiger charge is -2.15. The Balaban J connectivity index is 3.16. The Kier molecular flexibility index (Phi) is 4.94. The van der Waals surface area contributed by atoms with Gasteiger partial charge in [-0.1, -0.05) is 12.1 Å². The van der Waals surface area contributed by atoms with Crippen molar-refractivity contribution in [2.75, 3.05) is 19.3 Å². The molecule has 1 aromatic rings. The molecule has 0 spiro atoms. The smallest absolute Gasteiger partial charge is 0.391 e. The van der Waals surface area contributed by atoms with Crippen LogP contribution >= 0.6 is 0 Å². The molecule has 108 valence electrons. The highest BCUT2D eigenvalue weighted by molar-refractivity contribution is 7.91. The molecular formula is C11H14F3NO3S. The lowest BCUT2D eigenvalue weighted by molar-refractivity contribution is -0.139. The molecule has 0 heterocycles. The van der Waals surface area contributed by atoms with E-state index in [9.17, 15) is 26.7 Å². The van der Waals surface area contributed by atoms with Crippen LogP contribution < -0.4 is 5.32 Å². The molecule has 0 radical (unpaired) electrons. The summed E-state index contributed by atoms with van der Waals surface area (Å²) in [4.78, 5) is -0.808. The third-order valence-corrected chi connectivity index (χ3v) is 4.23. The van der Waals surface area contributed by atoms with E-state index in [1.807, 2.05) is 0 Å². The molecule has 19 heavy (non-hydrogen) atoms. The fraction of sp³-hybridized carbons (Fsp3) is 0.455. The van der Waals surface area contributed by atoms with Crippen LogP contribution in [0.2, 0.25) is 0 Å². The predicted molar refractivity (Wildman–Crippen MR) is 63.4 cm³/mol. The van der Waals surface area contributed by atoms with Crippen molar-refractivity contribution in [3.05, 3.63) is 29.8 Å². The first-order valence-electron chi connectivity index (χ1n) is 5.40. The molecule has 1 unspecified atom stereocenters. The number of benzene rings is 1. The van der Waals surface area contributed by atoms with Crippen LogP contribution in [0, 0.1) is 0 Å². The van der Waals surface area contributed by atoms with Crippen LogP contribution in [-0.2, 0) is 16.0 Å². The van der Waals surface area contributed by atoms with Gasteiger partial charge in [0.05, 0.1) is 22.3 Å². The monoisotopic (exact) mass is 297 g/mol. The van der Waals surface area contributed by atoms with E-state index < -0.39 is 38.3 Å². The van der Waals surface area contributed by atoms with Crippen LogP contribution in [0.4, 0.5) is 13.2 Å². The molecule has 2 N–H and O–H groups in total. The number of aliphatic hydroxyl groups excluding tert-OH is 1. The highest BCUT2D eigenvalue weighted by Gasteiger charge is 2.37. The van der Waals surface area contributed by atoms with Crippen LogP contribution in [0.5, 0.6) is 0 Å². The van der Waals surface area contributed by atoms with E-state index in [-0.39, 0.29) is 6.54 Å². The Morgan fingerprint density at radius 3 is 2.42 bits per heavy atom. The maximum atomic E-state index is 12.7. The van der Waals surface area contributed by atoms with Gasteiger partial charge in [0.2, 0.25) is 0 Å². The topological polar surface area (TPSA) is 66.4 Å². The second-order valence-corrected chi connectivity index (χ2v) is 5.99. The highest BCUT2D eigenvalue weighted by Crippen LogP contribution is 2.34. The van der Waals surface area contributed by atoms with Crippen molar-refractivity contribution in [3.63, 3.8) is 0 Å². The number of aliphatic hydroxyl groups is 1. The van der Waals surface area contributed by atoms with Crippen molar-refractivity contribution in [2.45, 2.75) is 17.2 Å². The van der Waals surface area contributed by atoms with Gasteiger partial charge in [0.15, 0.2) is 9.84 Å². The number of sulfone groups is 1. The van der Waals surface area contributed by atoms with Crippen LogP contribution in [0.15, 0.2) is 29.2 Å². The summed E-state index contributed by atoms with van der Waals surface area (Å²) in [5.74, 6) is -0.763. The zero-order valence-electron chi connectivity index (χ0n) is 10.1. The number of alkyl halides is 3. The Morgan fingerprint density at radius 2 is 1.89 bits per heavy atom. The Labute approximate surface area is 109 Å². The fourth-order valence-corrected chi connectivity index (χ4v) is 3.22. The fourth-order valence-electron chi connectivity index (χ4n) is 1.61. The standard InChI is InChI=1S/C11H14F3NO3S/c1-15-6-8(16)7-19(17,18)10-5-3-2-4-9(10)11(12,13)14/h2-5,8,15-16H,6-7H2,1H3. The van der Waals surface area contributed by atoms with Crippen LogP contribution in [0.3, 0.4) is 0 Å². The number of hydrogen-bond donors (Lipinski definition) is 2. The number of halogens is 3. The average Bonchev–Trinajstić information content (AvgIpc) is 2.27. The Morgan fingerprint density at radius 1 is 1.32 bits per heavy atom. The maximum absolute atomic E-state index is 12.7. The minimum Gasteiger partial charge on any atom is -0.391 e. The van der Waals surface area contributed by atoms with Crippen molar-refractivity contribution in [2.24, 2.45) is 0 Å². The molecule has 8 heteroatoms. The summed E-state index contributed by atoms with van der Waals surface area (Å²) in [6, 6.07) is 3.93. The number of rotatable bonds is 5. The van der Waals surface area contributed by atoms with Crippen LogP contribution in [-0.4, -0.2) is 39.0 Å². The third-order valence-electron chi connectivity index (χ3n) is 2.38. The van der Waals surface area contributed by atoms with Gasteiger partial charge in [0.1, 0.15) is 0 Å². The molecule has 0 saturated carbocycles. The lowest BCUT2D eigenvalue weighted by atomic mass is 10.2. The van der Waals surface area contributed by atoms with Crippen molar-refractivity contribution in [3.8, 4) is 0 Å². The summed E-state index contributed by atoms with van der Waals surface area (Å²) in [5.41, 5.74) is -1.22. The zero-order chi connectivity index (χ0) is 14.7. The van der Waals surface area contributed by atoms with Gasteiger partial charge in [-0.25, -0.2) is 8.42 Å². The van der Waals surface area contributed by atoms with Crippen molar-refractivity contribution >= 4 is 9.84 Å². The first-order chi connectivity index (χ1) is 8.68. The van der Waals surface area contributed by atoms with E-state index in [4.69, 9.17) is 0 Å². The number of likely N-dealkylation sites (N-methyl/N-ethyl adjacent to an activating group) is 1. The molecular weight excluding hydrogens is 283 g/mol. The van der Waals surface area contributed by atoms with Crippen LogP contribution in [0.25, 0.3) is 0 Å². The second kappa shape index (κ2) is 5.89.